The van der Waals surface area contributed by atoms with Crippen LogP contribution in [0.5, 0.6) is 0 Å². The Morgan fingerprint density at radius 1 is 1.00 bits per heavy atom. The topological polar surface area (TPSA) is 0 Å². The molecule has 0 atom stereocenters. The SMILES string of the molecule is [Mn].[Mo].[SeH2].[Zn]. The van der Waals surface area contributed by atoms with Crippen LogP contribution in [0, 0.1) is 0 Å². The zero-order valence-electron chi connectivity index (χ0n) is 1.99. The Kier molecular flexibility index (Phi) is 151. The minimum Gasteiger partial charge on any atom is 0 e. The Morgan fingerprint density at radius 3 is 1.00 bits per heavy atom. The standard InChI is InChI=1S/Mn.Mo.H2Se.Zn/h;;1H2;. The molecule has 23 valence electrons. The molecule has 0 aromatic rings. The van der Waals surface area contributed by atoms with Gasteiger partial charge >= 0.3 is 17.1 Å². The predicted molar refractivity (Wildman–Crippen MR) is 8.54 cm³/mol. The van der Waals surface area contributed by atoms with E-state index in [1.165, 1.54) is 0 Å². The monoisotopic (exact) mass is 299 g/mol. The van der Waals surface area contributed by atoms with E-state index in [9.17, 15) is 0 Å². The maximum atomic E-state index is 0. The summed E-state index contributed by atoms with van der Waals surface area (Å²) in [6.45, 7) is 0. The molecule has 0 aliphatic rings. The third-order valence-electron chi connectivity index (χ3n) is 0. The normalized spacial score (nSPS) is 0. The van der Waals surface area contributed by atoms with Crippen molar-refractivity contribution in [3.05, 3.63) is 0 Å². The van der Waals surface area contributed by atoms with Gasteiger partial charge in [-0.2, -0.15) is 0 Å². The molecule has 0 fully saturated rings. The molecule has 0 heterocycles. The molecule has 0 unspecified atom stereocenters. The van der Waals surface area contributed by atoms with Crippen molar-refractivity contribution in [1.29, 1.82) is 0 Å². The third kappa shape index (κ3) is 8.84. The Bertz CT molecular complexity index is 8.00. The maximum absolute atomic E-state index is 0. The summed E-state index contributed by atoms with van der Waals surface area (Å²) in [4.78, 5) is 0. The van der Waals surface area contributed by atoms with E-state index in [0.29, 0.717) is 0 Å². The van der Waals surface area contributed by atoms with Crippen molar-refractivity contribution in [2.75, 3.05) is 0 Å². The fraction of sp³-hybridized carbons (Fsp3) is 0. The molecule has 0 aromatic carbocycles. The van der Waals surface area contributed by atoms with Crippen LogP contribution in [0.2, 0.25) is 0 Å². The largest absolute Gasteiger partial charge is 0 e. The summed E-state index contributed by atoms with van der Waals surface area (Å²) in [5.74, 6) is 0. The van der Waals surface area contributed by atoms with Crippen molar-refractivity contribution in [3.8, 4) is 0 Å². The van der Waals surface area contributed by atoms with E-state index in [1.54, 1.807) is 0 Å². The van der Waals surface area contributed by atoms with Gasteiger partial charge < -0.3 is 0 Å². The van der Waals surface area contributed by atoms with Crippen LogP contribution in [0.4, 0.5) is 0 Å². The van der Waals surface area contributed by atoms with Crippen LogP contribution >= 0.6 is 0 Å². The van der Waals surface area contributed by atoms with Gasteiger partial charge in [0, 0.05) is 57.6 Å². The molecule has 0 N–H and O–H groups in total. The first-order valence-corrected chi connectivity index (χ1v) is 0. The number of rotatable bonds is 0. The fourth-order valence-electron chi connectivity index (χ4n) is 0. The number of hydrogen-bond acceptors (Lipinski definition) is 0. The van der Waals surface area contributed by atoms with Gasteiger partial charge in [-0.1, -0.05) is 0 Å². The molecule has 0 aliphatic carbocycles. The first kappa shape index (κ1) is 32.9. The van der Waals surface area contributed by atoms with E-state index in [2.05, 4.69) is 0 Å². The average molecular weight is 297 g/mol. The van der Waals surface area contributed by atoms with E-state index in [0.717, 1.165) is 0 Å². The molecule has 0 aromatic heterocycles. The summed E-state index contributed by atoms with van der Waals surface area (Å²) in [6, 6.07) is 0. The molecule has 0 aliphatic heterocycles. The summed E-state index contributed by atoms with van der Waals surface area (Å²) in [6.07, 6.45) is 0. The van der Waals surface area contributed by atoms with E-state index in [1.807, 2.05) is 0 Å². The zero-order valence-corrected chi connectivity index (χ0v) is 10.2. The fourth-order valence-corrected chi connectivity index (χ4v) is 0. The van der Waals surface area contributed by atoms with Gasteiger partial charge in [0.1, 0.15) is 0 Å². The van der Waals surface area contributed by atoms with Gasteiger partial charge in [0.05, 0.1) is 0 Å². The van der Waals surface area contributed by atoms with Crippen LogP contribution in [0.3, 0.4) is 0 Å². The van der Waals surface area contributed by atoms with Crippen molar-refractivity contribution in [1.82, 2.24) is 0 Å². The zero-order chi connectivity index (χ0) is 0. The number of hydrogen-bond donors (Lipinski definition) is 0. The molecule has 0 saturated carbocycles. The smallest absolute Gasteiger partial charge is 0 e. The van der Waals surface area contributed by atoms with Crippen molar-refractivity contribution in [2.45, 2.75) is 0 Å². The maximum Gasteiger partial charge on any atom is 0 e. The average Bonchev–Trinajstić information content (AvgIpc) is 0. The van der Waals surface area contributed by atoms with Crippen molar-refractivity contribution < 1.29 is 57.6 Å². The molecule has 4 heavy (non-hydrogen) atoms. The Morgan fingerprint density at radius 2 is 1.00 bits per heavy atom. The first-order chi connectivity index (χ1) is 0. The molecule has 0 amide bonds. The summed E-state index contributed by atoms with van der Waals surface area (Å²) in [5, 5.41) is 0. The van der Waals surface area contributed by atoms with Crippen LogP contribution in [0.1, 0.15) is 0 Å². The van der Waals surface area contributed by atoms with Gasteiger partial charge in [0.15, 0.2) is 0 Å². The van der Waals surface area contributed by atoms with E-state index in [-0.39, 0.29) is 74.7 Å². The summed E-state index contributed by atoms with van der Waals surface area (Å²) in [7, 11) is 0. The van der Waals surface area contributed by atoms with Crippen molar-refractivity contribution >= 4 is 17.1 Å². The summed E-state index contributed by atoms with van der Waals surface area (Å²) < 4.78 is 0. The minimum atomic E-state index is 0. The Labute approximate surface area is 73.8 Å². The molecule has 0 spiro atoms. The molecule has 0 bridgehead atoms. The summed E-state index contributed by atoms with van der Waals surface area (Å²) in [5.41, 5.74) is 0. The van der Waals surface area contributed by atoms with Gasteiger partial charge in [-0.15, -0.1) is 0 Å². The predicted octanol–water partition coefficient (Wildman–Crippen LogP) is -0.924. The Balaban J connectivity index is 0. The second-order valence-corrected chi connectivity index (χ2v) is 0. The first-order valence-electron chi connectivity index (χ1n) is 0. The second kappa shape index (κ2) is 18.3. The van der Waals surface area contributed by atoms with Crippen LogP contribution in [-0.4, -0.2) is 17.1 Å². The third-order valence-corrected chi connectivity index (χ3v) is 0. The molecular weight excluding hydrogens is 295 g/mol. The summed E-state index contributed by atoms with van der Waals surface area (Å²) >= 11 is 0. The van der Waals surface area contributed by atoms with Gasteiger partial charge in [-0.3, -0.25) is 0 Å². The van der Waals surface area contributed by atoms with Crippen LogP contribution in [0.25, 0.3) is 0 Å². The van der Waals surface area contributed by atoms with Crippen LogP contribution < -0.4 is 0 Å². The molecule has 4 heteroatoms. The van der Waals surface area contributed by atoms with E-state index >= 15 is 0 Å². The van der Waals surface area contributed by atoms with E-state index in [4.69, 9.17) is 0 Å². The van der Waals surface area contributed by atoms with Gasteiger partial charge in [0.2, 0.25) is 0 Å². The van der Waals surface area contributed by atoms with Crippen LogP contribution in [-0.2, 0) is 57.6 Å². The quantitative estimate of drug-likeness (QED) is 0.507. The molecular formula is H2MnMoSeZn. The molecule has 0 nitrogen and oxygen atoms in total. The molecule has 0 saturated heterocycles. The molecule has 1 radical (unpaired) electrons. The van der Waals surface area contributed by atoms with E-state index < -0.39 is 0 Å². The van der Waals surface area contributed by atoms with Crippen molar-refractivity contribution in [2.24, 2.45) is 0 Å². The molecule has 0 rings (SSSR count). The Hall–Kier alpha value is 2.35. The second-order valence-electron chi connectivity index (χ2n) is 0. The van der Waals surface area contributed by atoms with Crippen LogP contribution in [0.15, 0.2) is 0 Å². The van der Waals surface area contributed by atoms with Crippen molar-refractivity contribution in [3.63, 3.8) is 0 Å². The van der Waals surface area contributed by atoms with Gasteiger partial charge in [-0.05, 0) is 0 Å². The van der Waals surface area contributed by atoms with Gasteiger partial charge in [-0.25, -0.2) is 0 Å². The minimum absolute atomic E-state index is 0. The van der Waals surface area contributed by atoms with Gasteiger partial charge in [0.25, 0.3) is 0 Å².